The average molecular weight is 333 g/mol. The zero-order valence-corrected chi connectivity index (χ0v) is 13.0. The van der Waals surface area contributed by atoms with Crippen molar-refractivity contribution in [2.45, 2.75) is 19.4 Å². The summed E-state index contributed by atoms with van der Waals surface area (Å²) in [5, 5.41) is 4.48. The van der Waals surface area contributed by atoms with Crippen molar-refractivity contribution >= 4 is 40.5 Å². The molecule has 0 radical (unpaired) electrons. The summed E-state index contributed by atoms with van der Waals surface area (Å²) in [4.78, 5) is 0. The summed E-state index contributed by atoms with van der Waals surface area (Å²) < 4.78 is 13.9. The van der Waals surface area contributed by atoms with Gasteiger partial charge in [-0.25, -0.2) is 4.39 Å². The highest BCUT2D eigenvalue weighted by atomic mass is 35.5. The highest BCUT2D eigenvalue weighted by Crippen LogP contribution is 2.36. The lowest BCUT2D eigenvalue weighted by molar-refractivity contribution is 0.587. The second-order valence-corrected chi connectivity index (χ2v) is 5.62. The van der Waals surface area contributed by atoms with Gasteiger partial charge in [-0.1, -0.05) is 59.9 Å². The number of halogens is 4. The summed E-state index contributed by atoms with van der Waals surface area (Å²) in [6.07, 6.45) is 0.691. The molecule has 0 aromatic heterocycles. The van der Waals surface area contributed by atoms with Crippen LogP contribution >= 0.6 is 34.8 Å². The van der Waals surface area contributed by atoms with Gasteiger partial charge in [-0.2, -0.15) is 0 Å². The molecule has 0 aliphatic carbocycles. The van der Waals surface area contributed by atoms with Gasteiger partial charge in [0.15, 0.2) is 0 Å². The first-order valence-electron chi connectivity index (χ1n) is 6.18. The Labute approximate surface area is 132 Å². The Morgan fingerprint density at radius 1 is 1.10 bits per heavy atom. The molecule has 2 rings (SSSR count). The fourth-order valence-electron chi connectivity index (χ4n) is 2.01. The summed E-state index contributed by atoms with van der Waals surface area (Å²) in [7, 11) is 0. The molecule has 1 N–H and O–H groups in total. The van der Waals surface area contributed by atoms with Gasteiger partial charge in [-0.3, -0.25) is 0 Å². The van der Waals surface area contributed by atoms with Crippen molar-refractivity contribution in [1.29, 1.82) is 0 Å². The van der Waals surface area contributed by atoms with Gasteiger partial charge < -0.3 is 5.32 Å². The highest BCUT2D eigenvalue weighted by molar-refractivity contribution is 6.41. The topological polar surface area (TPSA) is 12.0 Å². The third kappa shape index (κ3) is 3.38. The van der Waals surface area contributed by atoms with E-state index in [1.54, 1.807) is 30.3 Å². The zero-order chi connectivity index (χ0) is 14.7. The van der Waals surface area contributed by atoms with Crippen molar-refractivity contribution in [3.05, 3.63) is 62.8 Å². The van der Waals surface area contributed by atoms with Crippen LogP contribution in [0.15, 0.2) is 36.4 Å². The summed E-state index contributed by atoms with van der Waals surface area (Å²) in [6.45, 7) is 1.96. The van der Waals surface area contributed by atoms with Gasteiger partial charge in [0, 0.05) is 10.6 Å². The number of anilines is 1. The van der Waals surface area contributed by atoms with E-state index in [2.05, 4.69) is 5.32 Å². The second kappa shape index (κ2) is 6.66. The van der Waals surface area contributed by atoms with Gasteiger partial charge in [0.05, 0.1) is 21.8 Å². The molecule has 0 aliphatic heterocycles. The van der Waals surface area contributed by atoms with Crippen LogP contribution < -0.4 is 5.32 Å². The molecular weight excluding hydrogens is 320 g/mol. The van der Waals surface area contributed by atoms with E-state index in [1.807, 2.05) is 6.92 Å². The molecule has 0 amide bonds. The van der Waals surface area contributed by atoms with Gasteiger partial charge in [-0.05, 0) is 24.6 Å². The van der Waals surface area contributed by atoms with Gasteiger partial charge >= 0.3 is 0 Å². The smallest absolute Gasteiger partial charge is 0.128 e. The maximum absolute atomic E-state index is 13.9. The normalized spacial score (nSPS) is 12.2. The molecule has 0 spiro atoms. The van der Waals surface area contributed by atoms with Crippen molar-refractivity contribution in [2.24, 2.45) is 0 Å². The van der Waals surface area contributed by atoms with Crippen molar-refractivity contribution in [2.75, 3.05) is 5.32 Å². The molecule has 0 fully saturated rings. The van der Waals surface area contributed by atoms with Gasteiger partial charge in [0.2, 0.25) is 0 Å². The lowest BCUT2D eigenvalue weighted by atomic mass is 10.0. The van der Waals surface area contributed by atoms with Crippen LogP contribution in [0.2, 0.25) is 15.1 Å². The monoisotopic (exact) mass is 331 g/mol. The van der Waals surface area contributed by atoms with Gasteiger partial charge in [0.25, 0.3) is 0 Å². The molecule has 0 saturated carbocycles. The molecule has 0 saturated heterocycles. The highest BCUT2D eigenvalue weighted by Gasteiger charge is 2.16. The van der Waals surface area contributed by atoms with Crippen molar-refractivity contribution in [1.82, 2.24) is 0 Å². The lowest BCUT2D eigenvalue weighted by Crippen LogP contribution is -2.12. The van der Waals surface area contributed by atoms with Crippen LogP contribution in [-0.4, -0.2) is 0 Å². The maximum atomic E-state index is 13.9. The Bertz CT molecular complexity index is 593. The summed E-state index contributed by atoms with van der Waals surface area (Å²) in [5.41, 5.74) is 1.14. The SMILES string of the molecule is CCC(Nc1c(Cl)cc(Cl)cc1Cl)c1ccccc1F. The predicted molar refractivity (Wildman–Crippen MR) is 84.5 cm³/mol. The van der Waals surface area contributed by atoms with E-state index < -0.39 is 0 Å². The third-order valence-corrected chi connectivity index (χ3v) is 3.83. The molecule has 106 valence electrons. The standard InChI is InChI=1S/C15H13Cl3FN/c1-2-14(10-5-3-4-6-13(10)19)20-15-11(17)7-9(16)8-12(15)18/h3-8,14,20H,2H2,1H3. The largest absolute Gasteiger partial charge is 0.376 e. The summed E-state index contributed by atoms with van der Waals surface area (Å²) in [6, 6.07) is 9.63. The Hall–Kier alpha value is -0.960. The summed E-state index contributed by atoms with van der Waals surface area (Å²) >= 11 is 18.2. The second-order valence-electron chi connectivity index (χ2n) is 4.37. The van der Waals surface area contributed by atoms with Crippen LogP contribution in [0.25, 0.3) is 0 Å². The van der Waals surface area contributed by atoms with Crippen LogP contribution in [0, 0.1) is 5.82 Å². The number of hydrogen-bond acceptors (Lipinski definition) is 1. The van der Waals surface area contributed by atoms with Gasteiger partial charge in [0.1, 0.15) is 5.82 Å². The first-order chi connectivity index (χ1) is 9.52. The fourth-order valence-corrected chi connectivity index (χ4v) is 2.94. The molecule has 1 unspecified atom stereocenters. The number of hydrogen-bond donors (Lipinski definition) is 1. The van der Waals surface area contributed by atoms with E-state index in [1.165, 1.54) is 6.07 Å². The van der Waals surface area contributed by atoms with Crippen LogP contribution in [0.4, 0.5) is 10.1 Å². The van der Waals surface area contributed by atoms with Crippen LogP contribution in [0.3, 0.4) is 0 Å². The van der Waals surface area contributed by atoms with E-state index in [9.17, 15) is 4.39 Å². The van der Waals surface area contributed by atoms with Crippen LogP contribution in [0.1, 0.15) is 24.9 Å². The van der Waals surface area contributed by atoms with E-state index >= 15 is 0 Å². The number of nitrogens with one attached hydrogen (secondary N) is 1. The minimum Gasteiger partial charge on any atom is -0.376 e. The molecule has 0 heterocycles. The van der Waals surface area contributed by atoms with E-state index in [0.717, 1.165) is 0 Å². The molecule has 20 heavy (non-hydrogen) atoms. The minimum atomic E-state index is -0.256. The quantitative estimate of drug-likeness (QED) is 0.688. The minimum absolute atomic E-state index is 0.215. The average Bonchev–Trinajstić information content (AvgIpc) is 2.39. The van der Waals surface area contributed by atoms with Crippen LogP contribution in [-0.2, 0) is 0 Å². The molecule has 0 aliphatic rings. The number of rotatable bonds is 4. The predicted octanol–water partition coefficient (Wildman–Crippen LogP) is 6.35. The van der Waals surface area contributed by atoms with Crippen LogP contribution in [0.5, 0.6) is 0 Å². The summed E-state index contributed by atoms with van der Waals surface area (Å²) in [5.74, 6) is -0.256. The Kier molecular flexibility index (Phi) is 5.14. The fraction of sp³-hybridized carbons (Fsp3) is 0.200. The Balaban J connectivity index is 2.35. The third-order valence-electron chi connectivity index (χ3n) is 3.01. The van der Waals surface area contributed by atoms with E-state index in [-0.39, 0.29) is 11.9 Å². The van der Waals surface area contributed by atoms with Crippen molar-refractivity contribution in [3.8, 4) is 0 Å². The molecular formula is C15H13Cl3FN. The zero-order valence-electron chi connectivity index (χ0n) is 10.8. The lowest BCUT2D eigenvalue weighted by Gasteiger charge is -2.21. The molecule has 0 bridgehead atoms. The molecule has 5 heteroatoms. The van der Waals surface area contributed by atoms with E-state index in [0.29, 0.717) is 32.7 Å². The maximum Gasteiger partial charge on any atom is 0.128 e. The molecule has 1 atom stereocenters. The van der Waals surface area contributed by atoms with Crippen molar-refractivity contribution in [3.63, 3.8) is 0 Å². The first kappa shape index (κ1) is 15.4. The van der Waals surface area contributed by atoms with Crippen molar-refractivity contribution < 1.29 is 4.39 Å². The first-order valence-corrected chi connectivity index (χ1v) is 7.31. The Morgan fingerprint density at radius 2 is 1.70 bits per heavy atom. The molecule has 1 nitrogen and oxygen atoms in total. The molecule has 2 aromatic rings. The van der Waals surface area contributed by atoms with Gasteiger partial charge in [-0.15, -0.1) is 0 Å². The Morgan fingerprint density at radius 3 is 2.25 bits per heavy atom. The molecule has 2 aromatic carbocycles. The number of benzene rings is 2. The van der Waals surface area contributed by atoms with E-state index in [4.69, 9.17) is 34.8 Å².